The molecule has 4 nitrogen and oxygen atoms in total. The van der Waals surface area contributed by atoms with Crippen molar-refractivity contribution in [1.82, 2.24) is 15.2 Å². The van der Waals surface area contributed by atoms with Gasteiger partial charge in [-0.2, -0.15) is 5.10 Å². The number of benzene rings is 1. The van der Waals surface area contributed by atoms with Crippen molar-refractivity contribution < 1.29 is 0 Å². The van der Waals surface area contributed by atoms with E-state index in [1.54, 1.807) is 0 Å². The van der Waals surface area contributed by atoms with E-state index in [0.29, 0.717) is 0 Å². The highest BCUT2D eigenvalue weighted by molar-refractivity contribution is 5.84. The van der Waals surface area contributed by atoms with Crippen molar-refractivity contribution in [1.29, 1.82) is 0 Å². The molecule has 0 saturated carbocycles. The topological polar surface area (TPSA) is 44.8 Å². The van der Waals surface area contributed by atoms with Crippen LogP contribution in [0.2, 0.25) is 0 Å². The van der Waals surface area contributed by atoms with Gasteiger partial charge in [0.1, 0.15) is 0 Å². The highest BCUT2D eigenvalue weighted by Crippen LogP contribution is 2.25. The Balaban J connectivity index is 1.45. The highest BCUT2D eigenvalue weighted by Gasteiger charge is 2.17. The number of pyridine rings is 1. The van der Waals surface area contributed by atoms with Gasteiger partial charge in [0.05, 0.1) is 17.6 Å². The first-order valence-electron chi connectivity index (χ1n) is 8.00. The normalized spacial score (nSPS) is 14.3. The lowest BCUT2D eigenvalue weighted by atomic mass is 10.0. The first kappa shape index (κ1) is 13.3. The average Bonchev–Trinajstić information content (AvgIpc) is 3.05. The lowest BCUT2D eigenvalue weighted by Gasteiger charge is -2.28. The Kier molecular flexibility index (Phi) is 3.51. The lowest BCUT2D eigenvalue weighted by Crippen LogP contribution is -2.30. The van der Waals surface area contributed by atoms with Crippen molar-refractivity contribution in [3.63, 3.8) is 0 Å². The molecule has 4 heteroatoms. The summed E-state index contributed by atoms with van der Waals surface area (Å²) in [6.07, 6.45) is 10.5. The molecule has 0 amide bonds. The molecule has 0 radical (unpaired) electrons. The summed E-state index contributed by atoms with van der Waals surface area (Å²) in [6.45, 7) is 2.22. The Morgan fingerprint density at radius 3 is 3.09 bits per heavy atom. The number of nitrogens with zero attached hydrogens (tertiary/aromatic N) is 3. The number of hydrogen-bond donors (Lipinski definition) is 1. The van der Waals surface area contributed by atoms with Crippen LogP contribution in [0.1, 0.15) is 24.1 Å². The molecule has 4 rings (SSSR count). The molecule has 1 aliphatic rings. The van der Waals surface area contributed by atoms with Crippen LogP contribution in [0.5, 0.6) is 0 Å². The third-order valence-corrected chi connectivity index (χ3v) is 4.52. The number of aromatic nitrogens is 3. The number of aryl methyl sites for hydroxylation is 2. The van der Waals surface area contributed by atoms with Crippen LogP contribution in [0.3, 0.4) is 0 Å². The van der Waals surface area contributed by atoms with Gasteiger partial charge in [-0.3, -0.25) is 10.1 Å². The minimum Gasteiger partial charge on any atom is -0.369 e. The van der Waals surface area contributed by atoms with Crippen LogP contribution in [0.4, 0.5) is 5.69 Å². The van der Waals surface area contributed by atoms with E-state index >= 15 is 0 Å². The number of anilines is 1. The molecule has 1 aromatic carbocycles. The summed E-state index contributed by atoms with van der Waals surface area (Å²) in [6, 6.07) is 8.51. The van der Waals surface area contributed by atoms with Gasteiger partial charge in [-0.15, -0.1) is 0 Å². The summed E-state index contributed by atoms with van der Waals surface area (Å²) in [4.78, 5) is 6.84. The molecule has 0 saturated heterocycles. The average molecular weight is 292 g/mol. The lowest BCUT2D eigenvalue weighted by molar-refractivity contribution is 0.659. The van der Waals surface area contributed by atoms with Gasteiger partial charge >= 0.3 is 0 Å². The van der Waals surface area contributed by atoms with Crippen molar-refractivity contribution >= 4 is 16.5 Å². The maximum atomic E-state index is 4.38. The maximum Gasteiger partial charge on any atom is 0.0782 e. The quantitative estimate of drug-likeness (QED) is 0.802. The molecule has 0 bridgehead atoms. The number of rotatable bonds is 4. The molecule has 0 aliphatic carbocycles. The number of nitrogens with one attached hydrogen (secondary N) is 1. The van der Waals surface area contributed by atoms with Gasteiger partial charge in [0.25, 0.3) is 0 Å². The van der Waals surface area contributed by atoms with Crippen LogP contribution in [0.25, 0.3) is 10.8 Å². The van der Waals surface area contributed by atoms with Crippen molar-refractivity contribution in [3.05, 3.63) is 54.1 Å². The van der Waals surface area contributed by atoms with Gasteiger partial charge in [0.15, 0.2) is 0 Å². The zero-order valence-corrected chi connectivity index (χ0v) is 12.6. The monoisotopic (exact) mass is 292 g/mol. The standard InChI is InChI=1S/C18H20N4/c1-2-7-16-14(5-1)11-19-12-15(16)6-3-9-22-10-4-8-17-18(22)13-20-21-17/h1-2,5,7,11-13H,3-4,6,8-10H2,(H,20,21). The molecule has 22 heavy (non-hydrogen) atoms. The maximum absolute atomic E-state index is 4.38. The molecule has 3 aromatic rings. The molecule has 2 aromatic heterocycles. The molecule has 1 aliphatic heterocycles. The predicted molar refractivity (Wildman–Crippen MR) is 89.2 cm³/mol. The van der Waals surface area contributed by atoms with E-state index in [0.717, 1.165) is 32.4 Å². The van der Waals surface area contributed by atoms with Gasteiger partial charge in [0, 0.05) is 30.9 Å². The van der Waals surface area contributed by atoms with E-state index in [9.17, 15) is 0 Å². The summed E-state index contributed by atoms with van der Waals surface area (Å²) >= 11 is 0. The SMILES string of the molecule is c1ccc2c(CCCN3CCCc4[nH]ncc43)cncc2c1. The van der Waals surface area contributed by atoms with E-state index in [2.05, 4.69) is 44.3 Å². The molecule has 0 atom stereocenters. The van der Waals surface area contributed by atoms with Gasteiger partial charge < -0.3 is 4.90 Å². The molecular formula is C18H20N4. The van der Waals surface area contributed by atoms with E-state index < -0.39 is 0 Å². The Hall–Kier alpha value is -2.36. The van der Waals surface area contributed by atoms with Crippen LogP contribution in [-0.2, 0) is 12.8 Å². The number of H-pyrrole nitrogens is 1. The van der Waals surface area contributed by atoms with Crippen LogP contribution in [0, 0.1) is 0 Å². The minimum atomic E-state index is 1.07. The first-order chi connectivity index (χ1) is 10.9. The Morgan fingerprint density at radius 2 is 2.09 bits per heavy atom. The van der Waals surface area contributed by atoms with Crippen molar-refractivity contribution in [3.8, 4) is 0 Å². The molecule has 0 fully saturated rings. The van der Waals surface area contributed by atoms with E-state index in [1.807, 2.05) is 18.6 Å². The van der Waals surface area contributed by atoms with Crippen molar-refractivity contribution in [2.45, 2.75) is 25.7 Å². The van der Waals surface area contributed by atoms with E-state index in [-0.39, 0.29) is 0 Å². The van der Waals surface area contributed by atoms with Gasteiger partial charge in [-0.05, 0) is 36.6 Å². The predicted octanol–water partition coefficient (Wildman–Crippen LogP) is 3.34. The highest BCUT2D eigenvalue weighted by atomic mass is 15.2. The van der Waals surface area contributed by atoms with Gasteiger partial charge in [-0.1, -0.05) is 24.3 Å². The molecule has 3 heterocycles. The van der Waals surface area contributed by atoms with Crippen LogP contribution >= 0.6 is 0 Å². The Bertz CT molecular complexity index is 772. The fourth-order valence-electron chi connectivity index (χ4n) is 3.40. The number of aromatic amines is 1. The van der Waals surface area contributed by atoms with Gasteiger partial charge in [-0.25, -0.2) is 0 Å². The van der Waals surface area contributed by atoms with Crippen molar-refractivity contribution in [2.75, 3.05) is 18.0 Å². The fourth-order valence-corrected chi connectivity index (χ4v) is 3.40. The largest absolute Gasteiger partial charge is 0.369 e. The molecule has 0 spiro atoms. The molecule has 0 unspecified atom stereocenters. The molecular weight excluding hydrogens is 272 g/mol. The third-order valence-electron chi connectivity index (χ3n) is 4.52. The van der Waals surface area contributed by atoms with Crippen LogP contribution < -0.4 is 4.90 Å². The number of fused-ring (bicyclic) bond motifs is 2. The second-order valence-corrected chi connectivity index (χ2v) is 5.95. The van der Waals surface area contributed by atoms with Gasteiger partial charge in [0.2, 0.25) is 0 Å². The third kappa shape index (κ3) is 2.45. The first-order valence-corrected chi connectivity index (χ1v) is 8.00. The zero-order valence-electron chi connectivity index (χ0n) is 12.6. The smallest absolute Gasteiger partial charge is 0.0782 e. The van der Waals surface area contributed by atoms with Crippen LogP contribution in [0.15, 0.2) is 42.9 Å². The zero-order chi connectivity index (χ0) is 14.8. The summed E-state index contributed by atoms with van der Waals surface area (Å²) in [5, 5.41) is 9.87. The van der Waals surface area contributed by atoms with E-state index in [4.69, 9.17) is 0 Å². The second-order valence-electron chi connectivity index (χ2n) is 5.95. The minimum absolute atomic E-state index is 1.07. The second kappa shape index (κ2) is 5.79. The summed E-state index contributed by atoms with van der Waals surface area (Å²) in [5.74, 6) is 0. The Labute approximate surface area is 130 Å². The Morgan fingerprint density at radius 1 is 1.14 bits per heavy atom. The van der Waals surface area contributed by atoms with Crippen molar-refractivity contribution in [2.24, 2.45) is 0 Å². The van der Waals surface area contributed by atoms with E-state index in [1.165, 1.54) is 34.1 Å². The number of hydrogen-bond acceptors (Lipinski definition) is 3. The summed E-state index contributed by atoms with van der Waals surface area (Å²) in [5.41, 5.74) is 3.93. The fraction of sp³-hybridized carbons (Fsp3) is 0.333. The summed E-state index contributed by atoms with van der Waals surface area (Å²) < 4.78 is 0. The van der Waals surface area contributed by atoms with Crippen LogP contribution in [-0.4, -0.2) is 28.3 Å². The molecule has 1 N–H and O–H groups in total. The molecule has 112 valence electrons. The summed E-state index contributed by atoms with van der Waals surface area (Å²) in [7, 11) is 0.